The smallest absolute Gasteiger partial charge is 0.136 e. The number of imidazole rings is 1. The monoisotopic (exact) mass is 274 g/mol. The largest absolute Gasteiger partial charge is 0.364 e. The first kappa shape index (κ1) is 11.9. The van der Waals surface area contributed by atoms with Gasteiger partial charge < -0.3 is 9.72 Å². The summed E-state index contributed by atoms with van der Waals surface area (Å²) in [5.41, 5.74) is 3.07. The Bertz CT molecular complexity index is 911. The molecule has 0 atom stereocenters. The molecule has 0 aliphatic heterocycles. The van der Waals surface area contributed by atoms with Gasteiger partial charge in [-0.05, 0) is 30.3 Å². The number of rotatable bonds is 3. The van der Waals surface area contributed by atoms with Crippen LogP contribution < -0.4 is 5.32 Å². The normalized spacial score (nSPS) is 11.0. The Balaban J connectivity index is 1.60. The minimum atomic E-state index is 0.691. The molecular weight excluding hydrogens is 260 g/mol. The predicted octanol–water partition coefficient (Wildman–Crippen LogP) is 3.49. The van der Waals surface area contributed by atoms with Gasteiger partial charge in [-0.3, -0.25) is 0 Å². The van der Waals surface area contributed by atoms with E-state index in [-0.39, 0.29) is 0 Å². The van der Waals surface area contributed by atoms with Crippen molar-refractivity contribution in [3.05, 3.63) is 72.7 Å². The van der Waals surface area contributed by atoms with E-state index in [4.69, 9.17) is 0 Å². The van der Waals surface area contributed by atoms with Crippen LogP contribution in [-0.4, -0.2) is 14.4 Å². The summed E-state index contributed by atoms with van der Waals surface area (Å²) < 4.78 is 2.08. The number of fused-ring (bicyclic) bond motifs is 2. The Morgan fingerprint density at radius 2 is 1.86 bits per heavy atom. The Morgan fingerprint density at radius 3 is 2.86 bits per heavy atom. The molecular formula is C17H14N4. The fourth-order valence-corrected chi connectivity index (χ4v) is 2.46. The van der Waals surface area contributed by atoms with Crippen LogP contribution >= 0.6 is 0 Å². The van der Waals surface area contributed by atoms with Crippen LogP contribution in [0.1, 0.15) is 5.69 Å². The van der Waals surface area contributed by atoms with Crippen molar-refractivity contribution in [1.29, 1.82) is 0 Å². The van der Waals surface area contributed by atoms with Crippen molar-refractivity contribution in [3.63, 3.8) is 0 Å². The van der Waals surface area contributed by atoms with Crippen LogP contribution in [0.5, 0.6) is 0 Å². The number of hydrogen-bond donors (Lipinski definition) is 1. The van der Waals surface area contributed by atoms with Gasteiger partial charge in [-0.2, -0.15) is 0 Å². The summed E-state index contributed by atoms with van der Waals surface area (Å²) in [5, 5.41) is 4.51. The van der Waals surface area contributed by atoms with Crippen LogP contribution in [-0.2, 0) is 6.54 Å². The summed E-state index contributed by atoms with van der Waals surface area (Å²) in [4.78, 5) is 9.00. The molecule has 1 N–H and O–H groups in total. The van der Waals surface area contributed by atoms with Crippen LogP contribution in [0.4, 0.5) is 5.82 Å². The van der Waals surface area contributed by atoms with E-state index < -0.39 is 0 Å². The summed E-state index contributed by atoms with van der Waals surface area (Å²) in [6.07, 6.45) is 3.91. The Morgan fingerprint density at radius 1 is 0.952 bits per heavy atom. The lowest BCUT2D eigenvalue weighted by atomic mass is 10.2. The summed E-state index contributed by atoms with van der Waals surface area (Å²) in [5.74, 6) is 0.875. The van der Waals surface area contributed by atoms with E-state index >= 15 is 0 Å². The molecule has 0 saturated heterocycles. The van der Waals surface area contributed by atoms with Crippen molar-refractivity contribution in [2.45, 2.75) is 6.54 Å². The average Bonchev–Trinajstić information content (AvgIpc) is 2.96. The number of pyridine rings is 2. The van der Waals surface area contributed by atoms with E-state index in [0.717, 1.165) is 28.1 Å². The molecule has 0 saturated carbocycles. The summed E-state index contributed by atoms with van der Waals surface area (Å²) in [6.45, 7) is 0.691. The van der Waals surface area contributed by atoms with Crippen LogP contribution in [0, 0.1) is 0 Å². The van der Waals surface area contributed by atoms with Gasteiger partial charge in [-0.15, -0.1) is 0 Å². The standard InChI is InChI=1S/C17H14N4/c1-2-6-15-13(5-1)8-9-16(20-15)18-11-14-12-19-17-7-3-4-10-21(14)17/h1-10,12H,11H2,(H,18,20). The number of anilines is 1. The van der Waals surface area contributed by atoms with Crippen molar-refractivity contribution in [1.82, 2.24) is 14.4 Å². The van der Waals surface area contributed by atoms with Gasteiger partial charge in [0.05, 0.1) is 24.0 Å². The van der Waals surface area contributed by atoms with Gasteiger partial charge in [-0.25, -0.2) is 9.97 Å². The highest BCUT2D eigenvalue weighted by Gasteiger charge is 2.03. The fraction of sp³-hybridized carbons (Fsp3) is 0.0588. The van der Waals surface area contributed by atoms with E-state index in [0.29, 0.717) is 6.54 Å². The van der Waals surface area contributed by atoms with Gasteiger partial charge in [0.2, 0.25) is 0 Å². The third kappa shape index (κ3) is 2.21. The van der Waals surface area contributed by atoms with Gasteiger partial charge >= 0.3 is 0 Å². The van der Waals surface area contributed by atoms with E-state index in [2.05, 4.69) is 31.8 Å². The molecule has 1 aromatic carbocycles. The second-order valence-electron chi connectivity index (χ2n) is 4.92. The topological polar surface area (TPSA) is 42.2 Å². The molecule has 3 heterocycles. The summed E-state index contributed by atoms with van der Waals surface area (Å²) >= 11 is 0. The number of nitrogens with zero attached hydrogens (tertiary/aromatic N) is 3. The second kappa shape index (κ2) is 4.90. The lowest BCUT2D eigenvalue weighted by molar-refractivity contribution is 0.996. The van der Waals surface area contributed by atoms with Crippen molar-refractivity contribution in [3.8, 4) is 0 Å². The van der Waals surface area contributed by atoms with Gasteiger partial charge in [0.25, 0.3) is 0 Å². The quantitative estimate of drug-likeness (QED) is 0.622. The summed E-state index contributed by atoms with van der Waals surface area (Å²) in [7, 11) is 0. The average molecular weight is 274 g/mol. The van der Waals surface area contributed by atoms with Crippen LogP contribution in [0.3, 0.4) is 0 Å². The van der Waals surface area contributed by atoms with E-state index in [1.807, 2.05) is 54.9 Å². The molecule has 21 heavy (non-hydrogen) atoms. The molecule has 0 radical (unpaired) electrons. The molecule has 4 heteroatoms. The first-order valence-electron chi connectivity index (χ1n) is 6.91. The molecule has 102 valence electrons. The second-order valence-corrected chi connectivity index (χ2v) is 4.92. The Kier molecular flexibility index (Phi) is 2.78. The van der Waals surface area contributed by atoms with Crippen molar-refractivity contribution < 1.29 is 0 Å². The zero-order valence-electron chi connectivity index (χ0n) is 11.4. The molecule has 3 aromatic heterocycles. The third-order valence-electron chi connectivity index (χ3n) is 3.54. The maximum Gasteiger partial charge on any atom is 0.136 e. The molecule has 0 fully saturated rings. The minimum absolute atomic E-state index is 0.691. The Hall–Kier alpha value is -2.88. The summed E-state index contributed by atoms with van der Waals surface area (Å²) in [6, 6.07) is 18.2. The van der Waals surface area contributed by atoms with E-state index in [1.165, 1.54) is 0 Å². The predicted molar refractivity (Wildman–Crippen MR) is 84.3 cm³/mol. The van der Waals surface area contributed by atoms with E-state index in [1.54, 1.807) is 0 Å². The van der Waals surface area contributed by atoms with Gasteiger partial charge in [0.15, 0.2) is 0 Å². The van der Waals surface area contributed by atoms with Gasteiger partial charge in [-0.1, -0.05) is 24.3 Å². The maximum atomic E-state index is 4.61. The van der Waals surface area contributed by atoms with E-state index in [9.17, 15) is 0 Å². The first-order valence-corrected chi connectivity index (χ1v) is 6.91. The molecule has 0 aliphatic rings. The van der Waals surface area contributed by atoms with Gasteiger partial charge in [0, 0.05) is 11.6 Å². The fourth-order valence-electron chi connectivity index (χ4n) is 2.46. The molecule has 4 rings (SSSR count). The SMILES string of the molecule is c1ccc2nc(NCc3cnc4ccccn34)ccc2c1. The van der Waals surface area contributed by atoms with Crippen LogP contribution in [0.25, 0.3) is 16.6 Å². The maximum absolute atomic E-state index is 4.61. The highest BCUT2D eigenvalue weighted by molar-refractivity contribution is 5.80. The molecule has 0 spiro atoms. The zero-order chi connectivity index (χ0) is 14.1. The Labute approximate surface area is 122 Å². The van der Waals surface area contributed by atoms with Gasteiger partial charge in [0.1, 0.15) is 11.5 Å². The molecule has 0 amide bonds. The third-order valence-corrected chi connectivity index (χ3v) is 3.54. The minimum Gasteiger partial charge on any atom is -0.364 e. The lowest BCUT2D eigenvalue weighted by Crippen LogP contribution is -2.03. The zero-order valence-corrected chi connectivity index (χ0v) is 11.4. The van der Waals surface area contributed by atoms with Crippen molar-refractivity contribution in [2.24, 2.45) is 0 Å². The van der Waals surface area contributed by atoms with Crippen LogP contribution in [0.2, 0.25) is 0 Å². The first-order chi connectivity index (χ1) is 10.4. The number of benzene rings is 1. The van der Waals surface area contributed by atoms with Crippen LogP contribution in [0.15, 0.2) is 67.0 Å². The molecule has 4 aromatic rings. The number of para-hydroxylation sites is 1. The number of nitrogens with one attached hydrogen (secondary N) is 1. The van der Waals surface area contributed by atoms with Crippen molar-refractivity contribution in [2.75, 3.05) is 5.32 Å². The molecule has 0 unspecified atom stereocenters. The molecule has 4 nitrogen and oxygen atoms in total. The lowest BCUT2D eigenvalue weighted by Gasteiger charge is -2.06. The number of hydrogen-bond acceptors (Lipinski definition) is 3. The highest BCUT2D eigenvalue weighted by atomic mass is 15.1. The highest BCUT2D eigenvalue weighted by Crippen LogP contribution is 2.15. The molecule has 0 aliphatic carbocycles. The van der Waals surface area contributed by atoms with Crippen molar-refractivity contribution >= 4 is 22.4 Å². The number of aromatic nitrogens is 3. The molecule has 0 bridgehead atoms.